The number of amides is 1. The van der Waals surface area contributed by atoms with Crippen LogP contribution in [0.15, 0.2) is 30.3 Å². The van der Waals surface area contributed by atoms with Crippen LogP contribution in [0.4, 0.5) is 5.69 Å². The van der Waals surface area contributed by atoms with E-state index in [0.717, 1.165) is 24.9 Å². The minimum atomic E-state index is 0.0794. The standard InChI is InChI=1S/C12H16ClNO/c13-10-6-2-5-9-12(15)14-11-7-3-1-4-8-11/h1,3-4,7-8H,2,5-6,9-10H2,(H,14,15). The van der Waals surface area contributed by atoms with Gasteiger partial charge in [0.2, 0.25) is 5.91 Å². The second-order valence-corrected chi connectivity index (χ2v) is 3.79. The van der Waals surface area contributed by atoms with Crippen LogP contribution in [-0.4, -0.2) is 11.8 Å². The molecule has 1 aromatic carbocycles. The molecule has 1 N–H and O–H groups in total. The van der Waals surface area contributed by atoms with Crippen molar-refractivity contribution >= 4 is 23.2 Å². The van der Waals surface area contributed by atoms with Crippen molar-refractivity contribution in [3.63, 3.8) is 0 Å². The molecule has 0 atom stereocenters. The van der Waals surface area contributed by atoms with Gasteiger partial charge in [-0.25, -0.2) is 0 Å². The molecule has 1 aromatic rings. The van der Waals surface area contributed by atoms with E-state index in [2.05, 4.69) is 5.32 Å². The Morgan fingerprint density at radius 3 is 2.53 bits per heavy atom. The van der Waals surface area contributed by atoms with Gasteiger partial charge >= 0.3 is 0 Å². The van der Waals surface area contributed by atoms with E-state index in [4.69, 9.17) is 11.6 Å². The zero-order valence-corrected chi connectivity index (χ0v) is 9.46. The van der Waals surface area contributed by atoms with Gasteiger partial charge in [0.25, 0.3) is 0 Å². The number of hydrogen-bond acceptors (Lipinski definition) is 1. The van der Waals surface area contributed by atoms with Gasteiger partial charge in [0, 0.05) is 18.0 Å². The summed E-state index contributed by atoms with van der Waals surface area (Å²) < 4.78 is 0. The highest BCUT2D eigenvalue weighted by atomic mass is 35.5. The Hall–Kier alpha value is -1.02. The van der Waals surface area contributed by atoms with E-state index in [1.165, 1.54) is 0 Å². The Morgan fingerprint density at radius 1 is 1.13 bits per heavy atom. The van der Waals surface area contributed by atoms with Gasteiger partial charge in [-0.05, 0) is 25.0 Å². The molecule has 2 nitrogen and oxygen atoms in total. The lowest BCUT2D eigenvalue weighted by Crippen LogP contribution is -2.10. The fourth-order valence-electron chi connectivity index (χ4n) is 1.30. The average molecular weight is 226 g/mol. The molecule has 0 aliphatic carbocycles. The number of alkyl halides is 1. The number of halogens is 1. The fraction of sp³-hybridized carbons (Fsp3) is 0.417. The van der Waals surface area contributed by atoms with Crippen LogP contribution in [0.25, 0.3) is 0 Å². The van der Waals surface area contributed by atoms with E-state index in [9.17, 15) is 4.79 Å². The first-order valence-corrected chi connectivity index (χ1v) is 5.77. The second-order valence-electron chi connectivity index (χ2n) is 3.41. The summed E-state index contributed by atoms with van der Waals surface area (Å²) in [5.41, 5.74) is 0.861. The summed E-state index contributed by atoms with van der Waals surface area (Å²) in [5.74, 6) is 0.760. The van der Waals surface area contributed by atoms with Crippen LogP contribution in [0.2, 0.25) is 0 Å². The van der Waals surface area contributed by atoms with Gasteiger partial charge in [0.05, 0.1) is 0 Å². The summed E-state index contributed by atoms with van der Waals surface area (Å²) in [5, 5.41) is 2.85. The third-order valence-corrected chi connectivity index (χ3v) is 2.36. The van der Waals surface area contributed by atoms with Crippen LogP contribution in [0.3, 0.4) is 0 Å². The van der Waals surface area contributed by atoms with Gasteiger partial charge in [-0.2, -0.15) is 0 Å². The third kappa shape index (κ3) is 5.43. The molecule has 82 valence electrons. The van der Waals surface area contributed by atoms with Crippen LogP contribution in [-0.2, 0) is 4.79 Å². The first-order valence-electron chi connectivity index (χ1n) is 5.24. The monoisotopic (exact) mass is 225 g/mol. The molecule has 0 bridgehead atoms. The topological polar surface area (TPSA) is 29.1 Å². The molecule has 0 saturated carbocycles. The first kappa shape index (κ1) is 12.1. The molecule has 0 radical (unpaired) electrons. The minimum absolute atomic E-state index is 0.0794. The number of carbonyl (C=O) groups excluding carboxylic acids is 1. The number of carbonyl (C=O) groups is 1. The predicted molar refractivity (Wildman–Crippen MR) is 64.3 cm³/mol. The zero-order chi connectivity index (χ0) is 10.9. The van der Waals surface area contributed by atoms with Gasteiger partial charge in [-0.15, -0.1) is 11.6 Å². The van der Waals surface area contributed by atoms with Crippen LogP contribution >= 0.6 is 11.6 Å². The van der Waals surface area contributed by atoms with Gasteiger partial charge in [-0.1, -0.05) is 24.6 Å². The maximum absolute atomic E-state index is 11.4. The van der Waals surface area contributed by atoms with Crippen LogP contribution in [0.5, 0.6) is 0 Å². The summed E-state index contributed by atoms with van der Waals surface area (Å²) in [6.07, 6.45) is 3.49. The summed E-state index contributed by atoms with van der Waals surface area (Å²) in [7, 11) is 0. The number of nitrogens with one attached hydrogen (secondary N) is 1. The molecule has 0 aliphatic heterocycles. The fourth-order valence-corrected chi connectivity index (χ4v) is 1.49. The van der Waals surface area contributed by atoms with Crippen molar-refractivity contribution in [2.45, 2.75) is 25.7 Å². The van der Waals surface area contributed by atoms with Gasteiger partial charge in [-0.3, -0.25) is 4.79 Å². The lowest BCUT2D eigenvalue weighted by Gasteiger charge is -2.04. The molecule has 1 amide bonds. The molecule has 0 aliphatic rings. The first-order chi connectivity index (χ1) is 7.33. The van der Waals surface area contributed by atoms with E-state index < -0.39 is 0 Å². The van der Waals surface area contributed by atoms with Crippen molar-refractivity contribution in [1.29, 1.82) is 0 Å². The maximum atomic E-state index is 11.4. The Labute approximate surface area is 95.6 Å². The third-order valence-electron chi connectivity index (χ3n) is 2.10. The zero-order valence-electron chi connectivity index (χ0n) is 8.71. The van der Waals surface area contributed by atoms with E-state index >= 15 is 0 Å². The second kappa shape index (κ2) is 7.30. The number of benzene rings is 1. The van der Waals surface area contributed by atoms with Crippen molar-refractivity contribution in [3.05, 3.63) is 30.3 Å². The van der Waals surface area contributed by atoms with Crippen LogP contribution in [0, 0.1) is 0 Å². The Balaban J connectivity index is 2.19. The lowest BCUT2D eigenvalue weighted by molar-refractivity contribution is -0.116. The highest BCUT2D eigenvalue weighted by molar-refractivity contribution is 6.17. The number of unbranched alkanes of at least 4 members (excludes halogenated alkanes) is 2. The predicted octanol–water partition coefficient (Wildman–Crippen LogP) is 3.42. The van der Waals surface area contributed by atoms with Crippen LogP contribution < -0.4 is 5.32 Å². The molecule has 1 rings (SSSR count). The lowest BCUT2D eigenvalue weighted by atomic mass is 10.2. The van der Waals surface area contributed by atoms with Gasteiger partial charge < -0.3 is 5.32 Å². The smallest absolute Gasteiger partial charge is 0.224 e. The highest BCUT2D eigenvalue weighted by Crippen LogP contribution is 2.07. The highest BCUT2D eigenvalue weighted by Gasteiger charge is 2.00. The Kier molecular flexibility index (Phi) is 5.86. The molecular weight excluding hydrogens is 210 g/mol. The molecule has 15 heavy (non-hydrogen) atoms. The number of anilines is 1. The SMILES string of the molecule is O=C(CCCCCCl)Nc1ccccc1. The number of hydrogen-bond donors (Lipinski definition) is 1. The molecule has 3 heteroatoms. The van der Waals surface area contributed by atoms with Crippen molar-refractivity contribution in [1.82, 2.24) is 0 Å². The molecule has 0 aromatic heterocycles. The van der Waals surface area contributed by atoms with Crippen molar-refractivity contribution < 1.29 is 4.79 Å². The molecule has 0 spiro atoms. The number of rotatable bonds is 6. The van der Waals surface area contributed by atoms with Gasteiger partial charge in [0.15, 0.2) is 0 Å². The molecule has 0 fully saturated rings. The molecule has 0 heterocycles. The summed E-state index contributed by atoms with van der Waals surface area (Å²) in [6.45, 7) is 0. The van der Waals surface area contributed by atoms with Crippen molar-refractivity contribution in [3.8, 4) is 0 Å². The minimum Gasteiger partial charge on any atom is -0.326 e. The Morgan fingerprint density at radius 2 is 1.87 bits per heavy atom. The van der Waals surface area contributed by atoms with Crippen LogP contribution in [0.1, 0.15) is 25.7 Å². The van der Waals surface area contributed by atoms with E-state index in [0.29, 0.717) is 12.3 Å². The van der Waals surface area contributed by atoms with Crippen molar-refractivity contribution in [2.24, 2.45) is 0 Å². The summed E-state index contributed by atoms with van der Waals surface area (Å²) >= 11 is 5.55. The summed E-state index contributed by atoms with van der Waals surface area (Å²) in [6, 6.07) is 9.51. The van der Waals surface area contributed by atoms with E-state index in [1.807, 2.05) is 30.3 Å². The van der Waals surface area contributed by atoms with E-state index in [-0.39, 0.29) is 5.91 Å². The maximum Gasteiger partial charge on any atom is 0.224 e. The largest absolute Gasteiger partial charge is 0.326 e. The van der Waals surface area contributed by atoms with E-state index in [1.54, 1.807) is 0 Å². The molecule has 0 unspecified atom stereocenters. The quantitative estimate of drug-likeness (QED) is 0.583. The molecular formula is C12H16ClNO. The Bertz CT molecular complexity index is 287. The summed E-state index contributed by atoms with van der Waals surface area (Å²) in [4.78, 5) is 11.4. The average Bonchev–Trinajstić information content (AvgIpc) is 2.26. The van der Waals surface area contributed by atoms with Gasteiger partial charge in [0.1, 0.15) is 0 Å². The number of para-hydroxylation sites is 1. The normalized spacial score (nSPS) is 9.93. The molecule has 0 saturated heterocycles. The van der Waals surface area contributed by atoms with Crippen molar-refractivity contribution in [2.75, 3.05) is 11.2 Å².